The molecule has 1 aliphatic rings. The molecule has 0 atom stereocenters. The maximum absolute atomic E-state index is 12.1. The number of carbonyl (C=O) groups excluding carboxylic acids is 1. The van der Waals surface area contributed by atoms with Crippen molar-refractivity contribution in [3.05, 3.63) is 53.7 Å². The molecule has 116 valence electrons. The number of aromatic nitrogens is 1. The monoisotopic (exact) mass is 308 g/mol. The number of nitrogens with zero attached hydrogens (tertiary/aromatic N) is 3. The number of hydrogen-bond acceptors (Lipinski definition) is 4. The minimum Gasteiger partial charge on any atom is -0.471 e. The van der Waals surface area contributed by atoms with E-state index in [0.717, 1.165) is 11.3 Å². The lowest BCUT2D eigenvalue weighted by molar-refractivity contribution is 0.0461. The fourth-order valence-corrected chi connectivity index (χ4v) is 2.32. The third kappa shape index (κ3) is 3.58. The van der Waals surface area contributed by atoms with E-state index in [0.29, 0.717) is 24.5 Å². The summed E-state index contributed by atoms with van der Waals surface area (Å²) in [6.07, 6.45) is 1.44. The third-order valence-corrected chi connectivity index (χ3v) is 3.56. The molecule has 0 bridgehead atoms. The Morgan fingerprint density at radius 2 is 2.22 bits per heavy atom. The van der Waals surface area contributed by atoms with Crippen molar-refractivity contribution < 1.29 is 9.53 Å². The molecule has 0 radical (unpaired) electrons. The minimum atomic E-state index is -0.144. The van der Waals surface area contributed by atoms with Crippen LogP contribution in [0.4, 0.5) is 10.5 Å². The van der Waals surface area contributed by atoms with Gasteiger partial charge in [0, 0.05) is 18.0 Å². The first kappa shape index (κ1) is 14.9. The molecule has 1 aromatic carbocycles. The summed E-state index contributed by atoms with van der Waals surface area (Å²) in [5, 5.41) is 11.7. The molecule has 6 heteroatoms. The largest absolute Gasteiger partial charge is 0.471 e. The number of amides is 2. The lowest BCUT2D eigenvalue weighted by Crippen LogP contribution is -2.57. The van der Waals surface area contributed by atoms with Crippen LogP contribution in [0.15, 0.2) is 42.6 Å². The van der Waals surface area contributed by atoms with Crippen LogP contribution in [-0.4, -0.2) is 35.1 Å². The van der Waals surface area contributed by atoms with E-state index in [4.69, 9.17) is 10.00 Å². The summed E-state index contributed by atoms with van der Waals surface area (Å²) in [6.45, 7) is 2.97. The molecule has 1 aromatic heterocycles. The predicted octanol–water partition coefficient (Wildman–Crippen LogP) is 2.56. The smallest absolute Gasteiger partial charge is 0.322 e. The van der Waals surface area contributed by atoms with Gasteiger partial charge in [0.25, 0.3) is 0 Å². The summed E-state index contributed by atoms with van der Waals surface area (Å²) in [5.41, 5.74) is 2.38. The van der Waals surface area contributed by atoms with Gasteiger partial charge in [0.05, 0.1) is 24.7 Å². The average molecular weight is 308 g/mol. The van der Waals surface area contributed by atoms with Gasteiger partial charge in [0.1, 0.15) is 6.10 Å². The minimum absolute atomic E-state index is 0.0975. The number of rotatable bonds is 3. The molecule has 1 fully saturated rings. The van der Waals surface area contributed by atoms with Crippen molar-refractivity contribution in [3.8, 4) is 11.9 Å². The van der Waals surface area contributed by atoms with Gasteiger partial charge < -0.3 is 15.0 Å². The van der Waals surface area contributed by atoms with Gasteiger partial charge in [-0.2, -0.15) is 5.26 Å². The van der Waals surface area contributed by atoms with Crippen LogP contribution < -0.4 is 10.1 Å². The van der Waals surface area contributed by atoms with Gasteiger partial charge in [-0.15, -0.1) is 0 Å². The van der Waals surface area contributed by atoms with Gasteiger partial charge >= 0.3 is 6.03 Å². The van der Waals surface area contributed by atoms with Crippen LogP contribution in [0, 0.1) is 18.3 Å². The number of nitriles is 1. The van der Waals surface area contributed by atoms with Gasteiger partial charge in [-0.05, 0) is 30.7 Å². The molecule has 1 saturated heterocycles. The van der Waals surface area contributed by atoms with Crippen LogP contribution in [0.3, 0.4) is 0 Å². The summed E-state index contributed by atoms with van der Waals surface area (Å²) >= 11 is 0. The van der Waals surface area contributed by atoms with Crippen molar-refractivity contribution in [2.45, 2.75) is 13.0 Å². The maximum Gasteiger partial charge on any atom is 0.322 e. The molecule has 2 heterocycles. The quantitative estimate of drug-likeness (QED) is 0.945. The molecule has 2 aromatic rings. The Kier molecular flexibility index (Phi) is 4.11. The molecule has 3 rings (SSSR count). The van der Waals surface area contributed by atoms with Gasteiger partial charge in [0.15, 0.2) is 0 Å². The molecular weight excluding hydrogens is 292 g/mol. The molecule has 0 aliphatic carbocycles. The first-order valence-electron chi connectivity index (χ1n) is 7.29. The van der Waals surface area contributed by atoms with E-state index in [-0.39, 0.29) is 12.1 Å². The topological polar surface area (TPSA) is 78.3 Å². The summed E-state index contributed by atoms with van der Waals surface area (Å²) < 4.78 is 5.66. The van der Waals surface area contributed by atoms with Crippen LogP contribution in [0.25, 0.3) is 0 Å². The number of nitrogens with one attached hydrogen (secondary N) is 1. The van der Waals surface area contributed by atoms with Crippen LogP contribution >= 0.6 is 0 Å². The number of carbonyl (C=O) groups is 1. The SMILES string of the molecule is Cc1cccc(NC(=O)N2CC(Oc3cc(C#N)ccn3)C2)c1. The molecule has 23 heavy (non-hydrogen) atoms. The van der Waals surface area contributed by atoms with Crippen LogP contribution in [0.5, 0.6) is 5.88 Å². The zero-order chi connectivity index (χ0) is 16.2. The Labute approximate surface area is 134 Å². The first-order valence-corrected chi connectivity index (χ1v) is 7.29. The summed E-state index contributed by atoms with van der Waals surface area (Å²) in [5.74, 6) is 0.410. The average Bonchev–Trinajstić information content (AvgIpc) is 2.50. The Morgan fingerprint density at radius 3 is 2.96 bits per heavy atom. The van der Waals surface area contributed by atoms with E-state index in [2.05, 4.69) is 10.3 Å². The molecule has 2 amide bonds. The van der Waals surface area contributed by atoms with Gasteiger partial charge in [-0.25, -0.2) is 9.78 Å². The lowest BCUT2D eigenvalue weighted by atomic mass is 10.2. The van der Waals surface area contributed by atoms with Gasteiger partial charge in [-0.1, -0.05) is 12.1 Å². The lowest BCUT2D eigenvalue weighted by Gasteiger charge is -2.38. The van der Waals surface area contributed by atoms with Crippen molar-refractivity contribution in [1.82, 2.24) is 9.88 Å². The molecular formula is C17H16N4O2. The van der Waals surface area contributed by atoms with Gasteiger partial charge in [-0.3, -0.25) is 0 Å². The number of pyridine rings is 1. The summed E-state index contributed by atoms with van der Waals surface area (Å²) in [6, 6.07) is 12.8. The molecule has 0 saturated carbocycles. The van der Waals surface area contributed by atoms with Crippen molar-refractivity contribution in [2.24, 2.45) is 0 Å². The standard InChI is InChI=1S/C17H16N4O2/c1-12-3-2-4-14(7-12)20-17(22)21-10-15(11-21)23-16-8-13(9-18)5-6-19-16/h2-8,15H,10-11H2,1H3,(H,20,22). The molecule has 0 spiro atoms. The number of benzene rings is 1. The molecule has 6 nitrogen and oxygen atoms in total. The van der Waals surface area contributed by atoms with E-state index >= 15 is 0 Å². The van der Waals surface area contributed by atoms with Gasteiger partial charge in [0.2, 0.25) is 5.88 Å². The number of anilines is 1. The fourth-order valence-electron chi connectivity index (χ4n) is 2.32. The zero-order valence-electron chi connectivity index (χ0n) is 12.7. The Hall–Kier alpha value is -3.07. The third-order valence-electron chi connectivity index (χ3n) is 3.56. The highest BCUT2D eigenvalue weighted by Gasteiger charge is 2.32. The molecule has 0 unspecified atom stereocenters. The van der Waals surface area contributed by atoms with E-state index in [9.17, 15) is 4.79 Å². The Balaban J connectivity index is 1.50. The second-order valence-electron chi connectivity index (χ2n) is 5.44. The highest BCUT2D eigenvalue weighted by molar-refractivity contribution is 5.90. The van der Waals surface area contributed by atoms with Crippen LogP contribution in [0.2, 0.25) is 0 Å². The van der Waals surface area contributed by atoms with Crippen LogP contribution in [-0.2, 0) is 0 Å². The van der Waals surface area contributed by atoms with E-state index in [1.54, 1.807) is 17.0 Å². The maximum atomic E-state index is 12.1. The number of ether oxygens (including phenoxy) is 1. The molecule has 1 aliphatic heterocycles. The van der Waals surface area contributed by atoms with Crippen molar-refractivity contribution >= 4 is 11.7 Å². The van der Waals surface area contributed by atoms with Crippen molar-refractivity contribution in [1.29, 1.82) is 5.26 Å². The normalized spacial score (nSPS) is 13.8. The second-order valence-corrected chi connectivity index (χ2v) is 5.44. The Morgan fingerprint density at radius 1 is 1.39 bits per heavy atom. The fraction of sp³-hybridized carbons (Fsp3) is 0.235. The van der Waals surface area contributed by atoms with E-state index in [1.165, 1.54) is 6.20 Å². The zero-order valence-corrected chi connectivity index (χ0v) is 12.7. The van der Waals surface area contributed by atoms with Crippen molar-refractivity contribution in [2.75, 3.05) is 18.4 Å². The van der Waals surface area contributed by atoms with E-state index in [1.807, 2.05) is 37.3 Å². The molecule has 1 N–H and O–H groups in total. The van der Waals surface area contributed by atoms with E-state index < -0.39 is 0 Å². The Bertz CT molecular complexity index is 763. The number of likely N-dealkylation sites (tertiary alicyclic amines) is 1. The first-order chi connectivity index (χ1) is 11.1. The summed E-state index contributed by atoms with van der Waals surface area (Å²) in [7, 11) is 0. The van der Waals surface area contributed by atoms with Crippen molar-refractivity contribution in [3.63, 3.8) is 0 Å². The second kappa shape index (κ2) is 6.36. The number of hydrogen-bond donors (Lipinski definition) is 1. The highest BCUT2D eigenvalue weighted by Crippen LogP contribution is 2.18. The summed E-state index contributed by atoms with van der Waals surface area (Å²) in [4.78, 5) is 17.8. The highest BCUT2D eigenvalue weighted by atomic mass is 16.5. The number of aryl methyl sites for hydroxylation is 1. The predicted molar refractivity (Wildman–Crippen MR) is 85.1 cm³/mol. The van der Waals surface area contributed by atoms with Crippen LogP contribution in [0.1, 0.15) is 11.1 Å². The number of urea groups is 1.